The van der Waals surface area contributed by atoms with E-state index in [9.17, 15) is 4.79 Å². The Balaban J connectivity index is 2.12. The first kappa shape index (κ1) is 10.2. The summed E-state index contributed by atoms with van der Waals surface area (Å²) in [7, 11) is 0. The van der Waals surface area contributed by atoms with Crippen molar-refractivity contribution in [3.63, 3.8) is 0 Å². The van der Waals surface area contributed by atoms with E-state index in [1.807, 2.05) is 25.1 Å². The van der Waals surface area contributed by atoms with E-state index in [1.54, 1.807) is 6.07 Å². The molecule has 1 fully saturated rings. The minimum Gasteiger partial charge on any atom is -0.394 e. The molecule has 1 saturated carbocycles. The second kappa shape index (κ2) is 3.66. The molecule has 1 aromatic rings. The molecule has 2 N–H and O–H groups in total. The van der Waals surface area contributed by atoms with Crippen LogP contribution in [-0.2, 0) is 0 Å². The Bertz CT molecular complexity index is 383. The Morgan fingerprint density at radius 3 is 2.67 bits per heavy atom. The van der Waals surface area contributed by atoms with Crippen LogP contribution in [0.2, 0.25) is 0 Å². The third-order valence-corrected chi connectivity index (χ3v) is 2.92. The first-order valence-electron chi connectivity index (χ1n) is 5.16. The summed E-state index contributed by atoms with van der Waals surface area (Å²) in [6, 6.07) is 7.47. The Morgan fingerprint density at radius 2 is 2.13 bits per heavy atom. The van der Waals surface area contributed by atoms with E-state index in [2.05, 4.69) is 5.32 Å². The maximum atomic E-state index is 11.9. The van der Waals surface area contributed by atoms with Gasteiger partial charge in [0, 0.05) is 5.56 Å². The molecule has 0 radical (unpaired) electrons. The fraction of sp³-hybridized carbons (Fsp3) is 0.417. The highest BCUT2D eigenvalue weighted by molar-refractivity contribution is 5.96. The number of carbonyl (C=O) groups excluding carboxylic acids is 1. The molecular weight excluding hydrogens is 190 g/mol. The minimum absolute atomic E-state index is 0.0324. The van der Waals surface area contributed by atoms with Gasteiger partial charge in [-0.2, -0.15) is 0 Å². The molecule has 0 saturated heterocycles. The number of benzene rings is 1. The molecule has 0 heterocycles. The van der Waals surface area contributed by atoms with Crippen LogP contribution in [0.3, 0.4) is 0 Å². The number of amides is 1. The zero-order valence-electron chi connectivity index (χ0n) is 8.79. The summed E-state index contributed by atoms with van der Waals surface area (Å²) in [4.78, 5) is 11.9. The number of aliphatic hydroxyl groups is 1. The van der Waals surface area contributed by atoms with Crippen LogP contribution in [0.25, 0.3) is 0 Å². The van der Waals surface area contributed by atoms with Gasteiger partial charge >= 0.3 is 0 Å². The first-order valence-corrected chi connectivity index (χ1v) is 5.16. The van der Waals surface area contributed by atoms with Crippen molar-refractivity contribution < 1.29 is 9.90 Å². The zero-order valence-corrected chi connectivity index (χ0v) is 8.79. The number of rotatable bonds is 3. The smallest absolute Gasteiger partial charge is 0.252 e. The van der Waals surface area contributed by atoms with Crippen LogP contribution in [0.5, 0.6) is 0 Å². The number of hydrogen-bond acceptors (Lipinski definition) is 2. The van der Waals surface area contributed by atoms with Crippen LogP contribution in [0.15, 0.2) is 24.3 Å². The van der Waals surface area contributed by atoms with Gasteiger partial charge in [-0.1, -0.05) is 18.2 Å². The van der Waals surface area contributed by atoms with Crippen molar-refractivity contribution in [2.24, 2.45) is 0 Å². The molecule has 0 unspecified atom stereocenters. The van der Waals surface area contributed by atoms with Crippen molar-refractivity contribution in [1.29, 1.82) is 0 Å². The molecule has 0 atom stereocenters. The predicted octanol–water partition coefficient (Wildman–Crippen LogP) is 1.25. The van der Waals surface area contributed by atoms with Gasteiger partial charge in [0.25, 0.3) is 5.91 Å². The highest BCUT2D eigenvalue weighted by Gasteiger charge is 2.43. The maximum absolute atomic E-state index is 11.9. The second-order valence-electron chi connectivity index (χ2n) is 4.21. The number of nitrogens with one attached hydrogen (secondary N) is 1. The molecule has 0 spiro atoms. The fourth-order valence-electron chi connectivity index (χ4n) is 1.61. The Hall–Kier alpha value is -1.35. The molecule has 3 nitrogen and oxygen atoms in total. The number of hydrogen-bond donors (Lipinski definition) is 2. The third kappa shape index (κ3) is 2.02. The van der Waals surface area contributed by atoms with Gasteiger partial charge in [0.15, 0.2) is 0 Å². The average molecular weight is 205 g/mol. The van der Waals surface area contributed by atoms with E-state index in [-0.39, 0.29) is 18.1 Å². The Labute approximate surface area is 89.1 Å². The summed E-state index contributed by atoms with van der Waals surface area (Å²) in [6.45, 7) is 1.94. The van der Waals surface area contributed by atoms with E-state index >= 15 is 0 Å². The average Bonchev–Trinajstić information content (AvgIpc) is 2.99. The Morgan fingerprint density at radius 1 is 1.47 bits per heavy atom. The topological polar surface area (TPSA) is 49.3 Å². The van der Waals surface area contributed by atoms with E-state index < -0.39 is 0 Å². The minimum atomic E-state index is -0.334. The van der Waals surface area contributed by atoms with Crippen molar-refractivity contribution >= 4 is 5.91 Å². The molecule has 1 aromatic carbocycles. The molecule has 1 aliphatic carbocycles. The summed E-state index contributed by atoms with van der Waals surface area (Å²) in [6.07, 6.45) is 1.75. The molecular formula is C12H15NO2. The van der Waals surface area contributed by atoms with Crippen LogP contribution < -0.4 is 5.32 Å². The Kier molecular flexibility index (Phi) is 2.49. The zero-order chi connectivity index (χ0) is 10.9. The van der Waals surface area contributed by atoms with Crippen LogP contribution in [0.4, 0.5) is 0 Å². The monoisotopic (exact) mass is 205 g/mol. The second-order valence-corrected chi connectivity index (χ2v) is 4.21. The van der Waals surface area contributed by atoms with E-state index in [1.165, 1.54) is 0 Å². The van der Waals surface area contributed by atoms with Crippen molar-refractivity contribution in [1.82, 2.24) is 5.32 Å². The lowest BCUT2D eigenvalue weighted by molar-refractivity contribution is 0.0906. The third-order valence-electron chi connectivity index (χ3n) is 2.92. The summed E-state index contributed by atoms with van der Waals surface area (Å²) in [5.74, 6) is -0.0837. The standard InChI is InChI=1S/C12H15NO2/c1-9-4-2-3-5-10(9)11(15)13-12(8-14)6-7-12/h2-5,14H,6-8H2,1H3,(H,13,15). The maximum Gasteiger partial charge on any atom is 0.252 e. The summed E-state index contributed by atoms with van der Waals surface area (Å²) in [5.41, 5.74) is 1.32. The summed E-state index contributed by atoms with van der Waals surface area (Å²) < 4.78 is 0. The lowest BCUT2D eigenvalue weighted by Gasteiger charge is -2.15. The van der Waals surface area contributed by atoms with Gasteiger partial charge in [-0.25, -0.2) is 0 Å². The lowest BCUT2D eigenvalue weighted by Crippen LogP contribution is -2.39. The normalized spacial score (nSPS) is 17.2. The van der Waals surface area contributed by atoms with Crippen molar-refractivity contribution in [3.05, 3.63) is 35.4 Å². The van der Waals surface area contributed by atoms with Gasteiger partial charge in [-0.05, 0) is 31.4 Å². The van der Waals surface area contributed by atoms with Gasteiger partial charge < -0.3 is 10.4 Å². The molecule has 80 valence electrons. The van der Waals surface area contributed by atoms with Gasteiger partial charge in [-0.3, -0.25) is 4.79 Å². The van der Waals surface area contributed by atoms with Crippen molar-refractivity contribution in [2.45, 2.75) is 25.3 Å². The van der Waals surface area contributed by atoms with Gasteiger partial charge in [0.05, 0.1) is 12.1 Å². The SMILES string of the molecule is Cc1ccccc1C(=O)NC1(CO)CC1. The lowest BCUT2D eigenvalue weighted by atomic mass is 10.1. The van der Waals surface area contributed by atoms with Crippen LogP contribution in [-0.4, -0.2) is 23.2 Å². The number of carbonyl (C=O) groups is 1. The molecule has 2 rings (SSSR count). The van der Waals surface area contributed by atoms with Gasteiger partial charge in [0.2, 0.25) is 0 Å². The highest BCUT2D eigenvalue weighted by Crippen LogP contribution is 2.34. The molecule has 0 aromatic heterocycles. The van der Waals surface area contributed by atoms with Crippen LogP contribution in [0, 0.1) is 6.92 Å². The van der Waals surface area contributed by atoms with E-state index in [4.69, 9.17) is 5.11 Å². The van der Waals surface area contributed by atoms with Crippen LogP contribution in [0.1, 0.15) is 28.8 Å². The molecule has 1 aliphatic rings. The van der Waals surface area contributed by atoms with Gasteiger partial charge in [-0.15, -0.1) is 0 Å². The highest BCUT2D eigenvalue weighted by atomic mass is 16.3. The molecule has 0 bridgehead atoms. The molecule has 0 aliphatic heterocycles. The quantitative estimate of drug-likeness (QED) is 0.780. The number of aryl methyl sites for hydroxylation is 1. The summed E-state index contributed by atoms with van der Waals surface area (Å²) >= 11 is 0. The molecule has 15 heavy (non-hydrogen) atoms. The summed E-state index contributed by atoms with van der Waals surface area (Å²) in [5, 5.41) is 12.0. The molecule has 3 heteroatoms. The largest absolute Gasteiger partial charge is 0.394 e. The first-order chi connectivity index (χ1) is 7.17. The number of aliphatic hydroxyl groups excluding tert-OH is 1. The van der Waals surface area contributed by atoms with Gasteiger partial charge in [0.1, 0.15) is 0 Å². The molecule has 1 amide bonds. The van der Waals surface area contributed by atoms with E-state index in [0.717, 1.165) is 18.4 Å². The van der Waals surface area contributed by atoms with Crippen molar-refractivity contribution in [2.75, 3.05) is 6.61 Å². The van der Waals surface area contributed by atoms with Crippen molar-refractivity contribution in [3.8, 4) is 0 Å². The predicted molar refractivity (Wildman–Crippen MR) is 57.7 cm³/mol. The van der Waals surface area contributed by atoms with Crippen LogP contribution >= 0.6 is 0 Å². The fourth-order valence-corrected chi connectivity index (χ4v) is 1.61. The van der Waals surface area contributed by atoms with E-state index in [0.29, 0.717) is 5.56 Å².